The summed E-state index contributed by atoms with van der Waals surface area (Å²) in [6.45, 7) is 5.60. The molecule has 1 saturated heterocycles. The van der Waals surface area contributed by atoms with Crippen molar-refractivity contribution in [2.45, 2.75) is 83.5 Å². The van der Waals surface area contributed by atoms with Crippen LogP contribution in [0, 0.1) is 5.92 Å². The molecule has 5 atom stereocenters. The van der Waals surface area contributed by atoms with Crippen molar-refractivity contribution in [3.8, 4) is 0 Å². The van der Waals surface area contributed by atoms with Gasteiger partial charge in [-0.05, 0) is 41.2 Å². The lowest BCUT2D eigenvalue weighted by molar-refractivity contribution is -0.157. The van der Waals surface area contributed by atoms with E-state index in [1.54, 1.807) is 6.92 Å². The summed E-state index contributed by atoms with van der Waals surface area (Å²) in [4.78, 5) is 53.6. The van der Waals surface area contributed by atoms with E-state index in [0.717, 1.165) is 41.2 Å². The van der Waals surface area contributed by atoms with E-state index in [1.807, 2.05) is 79.7 Å². The molecular weight excluding hydrogens is 530 g/mol. The smallest absolute Gasteiger partial charge is 0.329 e. The molecule has 0 radical (unpaired) electrons. The van der Waals surface area contributed by atoms with Crippen LogP contribution in [0.3, 0.4) is 0 Å². The van der Waals surface area contributed by atoms with Gasteiger partial charge >= 0.3 is 5.97 Å². The summed E-state index contributed by atoms with van der Waals surface area (Å²) in [5.41, 5.74) is 1.72. The molecule has 0 aliphatic carbocycles. The zero-order valence-electron chi connectivity index (χ0n) is 24.6. The van der Waals surface area contributed by atoms with Crippen molar-refractivity contribution in [3.05, 3.63) is 83.9 Å². The minimum Gasteiger partial charge on any atom is -0.460 e. The minimum atomic E-state index is -0.975. The molecule has 1 fully saturated rings. The van der Waals surface area contributed by atoms with Crippen LogP contribution in [0.5, 0.6) is 0 Å². The number of fused-ring (bicyclic) bond motifs is 1. The van der Waals surface area contributed by atoms with Crippen molar-refractivity contribution in [3.63, 3.8) is 0 Å². The van der Waals surface area contributed by atoms with Crippen LogP contribution in [-0.2, 0) is 36.8 Å². The van der Waals surface area contributed by atoms with Gasteiger partial charge in [0.15, 0.2) is 0 Å². The summed E-state index contributed by atoms with van der Waals surface area (Å²) in [6.07, 6.45) is 2.33. The standard InChI is InChI=1S/C34H41N3O5/c1-4-5-11-22(2)30-21-31(38)36-28(20-25-16-17-26-14-9-10-15-27(26)18-25)33(40)35-23(3)32(39)37-29(34(41)42-30)19-24-12-7-6-8-13-24/h6-10,12-18,22-23,28-30H,4-5,11,19-21H2,1-3H3,(H,35,40)(H,36,38)(H,37,39)/t22-,23-,28-,29+,30-/m0/s1. The second-order valence-electron chi connectivity index (χ2n) is 11.3. The number of nitrogens with one attached hydrogen (secondary N) is 3. The predicted molar refractivity (Wildman–Crippen MR) is 162 cm³/mol. The van der Waals surface area contributed by atoms with Crippen molar-refractivity contribution < 1.29 is 23.9 Å². The Kier molecular flexibility index (Phi) is 10.7. The zero-order chi connectivity index (χ0) is 30.1. The van der Waals surface area contributed by atoms with Gasteiger partial charge in [-0.15, -0.1) is 0 Å². The van der Waals surface area contributed by atoms with E-state index in [1.165, 1.54) is 0 Å². The third-order valence-corrected chi connectivity index (χ3v) is 7.84. The minimum absolute atomic E-state index is 0.0837. The van der Waals surface area contributed by atoms with Crippen molar-refractivity contribution in [1.29, 1.82) is 0 Å². The summed E-state index contributed by atoms with van der Waals surface area (Å²) < 4.78 is 5.97. The molecule has 3 aromatic rings. The molecule has 3 aromatic carbocycles. The Balaban J connectivity index is 1.62. The number of benzene rings is 3. The van der Waals surface area contributed by atoms with E-state index < -0.39 is 42.0 Å². The van der Waals surface area contributed by atoms with Gasteiger partial charge in [-0.1, -0.05) is 99.5 Å². The summed E-state index contributed by atoms with van der Waals surface area (Å²) in [6, 6.07) is 20.3. The summed E-state index contributed by atoms with van der Waals surface area (Å²) >= 11 is 0. The lowest BCUT2D eigenvalue weighted by atomic mass is 9.95. The summed E-state index contributed by atoms with van der Waals surface area (Å²) in [5, 5.41) is 10.5. The van der Waals surface area contributed by atoms with Gasteiger partial charge in [0.05, 0.1) is 6.42 Å². The van der Waals surface area contributed by atoms with E-state index in [2.05, 4.69) is 22.9 Å². The van der Waals surface area contributed by atoms with Gasteiger partial charge in [0.2, 0.25) is 17.7 Å². The molecule has 0 aromatic heterocycles. The van der Waals surface area contributed by atoms with Crippen molar-refractivity contribution in [2.75, 3.05) is 0 Å². The second-order valence-corrected chi connectivity index (χ2v) is 11.3. The van der Waals surface area contributed by atoms with Crippen LogP contribution < -0.4 is 16.0 Å². The number of carbonyl (C=O) groups is 4. The average Bonchev–Trinajstić information content (AvgIpc) is 2.99. The highest BCUT2D eigenvalue weighted by Gasteiger charge is 2.33. The van der Waals surface area contributed by atoms with E-state index in [9.17, 15) is 19.2 Å². The van der Waals surface area contributed by atoms with Crippen molar-refractivity contribution >= 4 is 34.5 Å². The molecule has 1 heterocycles. The number of esters is 1. The first-order valence-electron chi connectivity index (χ1n) is 14.9. The largest absolute Gasteiger partial charge is 0.460 e. The van der Waals surface area contributed by atoms with Crippen LogP contribution in [0.15, 0.2) is 72.8 Å². The molecule has 3 amide bonds. The summed E-state index contributed by atoms with van der Waals surface area (Å²) in [7, 11) is 0. The number of unbranched alkanes of at least 4 members (excludes halogenated alkanes) is 1. The highest BCUT2D eigenvalue weighted by atomic mass is 16.5. The third kappa shape index (κ3) is 8.41. The molecule has 0 unspecified atom stereocenters. The van der Waals surface area contributed by atoms with E-state index in [0.29, 0.717) is 0 Å². The molecule has 1 aliphatic rings. The van der Waals surface area contributed by atoms with Crippen LogP contribution in [-0.4, -0.2) is 47.9 Å². The fraction of sp³-hybridized carbons (Fsp3) is 0.412. The van der Waals surface area contributed by atoms with Crippen molar-refractivity contribution in [2.24, 2.45) is 5.92 Å². The Morgan fingerprint density at radius 2 is 1.48 bits per heavy atom. The molecular formula is C34H41N3O5. The van der Waals surface area contributed by atoms with Gasteiger partial charge in [0.1, 0.15) is 24.2 Å². The first-order valence-corrected chi connectivity index (χ1v) is 14.9. The van der Waals surface area contributed by atoms with E-state index in [-0.39, 0.29) is 31.1 Å². The Hall–Kier alpha value is -4.20. The first kappa shape index (κ1) is 30.8. The molecule has 8 nitrogen and oxygen atoms in total. The third-order valence-electron chi connectivity index (χ3n) is 7.84. The number of carbonyl (C=O) groups excluding carboxylic acids is 4. The molecule has 8 heteroatoms. The summed E-state index contributed by atoms with van der Waals surface area (Å²) in [5.74, 6) is -2.06. The van der Waals surface area contributed by atoms with Crippen LogP contribution in [0.25, 0.3) is 10.8 Å². The van der Waals surface area contributed by atoms with Crippen LogP contribution >= 0.6 is 0 Å². The fourth-order valence-corrected chi connectivity index (χ4v) is 5.27. The van der Waals surface area contributed by atoms with E-state index in [4.69, 9.17) is 4.74 Å². The Bertz CT molecular complexity index is 1390. The number of hydrogen-bond donors (Lipinski definition) is 3. The van der Waals surface area contributed by atoms with Gasteiger partial charge in [0, 0.05) is 12.8 Å². The maximum absolute atomic E-state index is 13.5. The van der Waals surface area contributed by atoms with Crippen LogP contribution in [0.4, 0.5) is 0 Å². The number of ether oxygens (including phenoxy) is 1. The normalized spacial score (nSPS) is 22.9. The maximum atomic E-state index is 13.5. The van der Waals surface area contributed by atoms with Gasteiger partial charge < -0.3 is 20.7 Å². The van der Waals surface area contributed by atoms with Gasteiger partial charge in [-0.3, -0.25) is 14.4 Å². The number of hydrogen-bond acceptors (Lipinski definition) is 5. The fourth-order valence-electron chi connectivity index (χ4n) is 5.27. The van der Waals surface area contributed by atoms with Crippen molar-refractivity contribution in [1.82, 2.24) is 16.0 Å². The van der Waals surface area contributed by atoms with E-state index >= 15 is 0 Å². The molecule has 0 saturated carbocycles. The molecule has 222 valence electrons. The molecule has 0 bridgehead atoms. The average molecular weight is 572 g/mol. The van der Waals surface area contributed by atoms with Crippen LogP contribution in [0.1, 0.15) is 57.6 Å². The molecule has 42 heavy (non-hydrogen) atoms. The molecule has 4 rings (SSSR count). The first-order chi connectivity index (χ1) is 20.2. The molecule has 3 N–H and O–H groups in total. The van der Waals surface area contributed by atoms with Gasteiger partial charge in [0.25, 0.3) is 0 Å². The number of amides is 3. The monoisotopic (exact) mass is 571 g/mol. The zero-order valence-corrected chi connectivity index (χ0v) is 24.6. The van der Waals surface area contributed by atoms with Gasteiger partial charge in [-0.2, -0.15) is 0 Å². The highest BCUT2D eigenvalue weighted by molar-refractivity contribution is 5.94. The maximum Gasteiger partial charge on any atom is 0.329 e. The second kappa shape index (κ2) is 14.6. The lowest BCUT2D eigenvalue weighted by Gasteiger charge is -2.27. The Morgan fingerprint density at radius 1 is 0.786 bits per heavy atom. The lowest BCUT2D eigenvalue weighted by Crippen LogP contribution is -2.55. The number of cyclic esters (lactones) is 1. The number of rotatable bonds is 8. The molecule has 0 spiro atoms. The van der Waals surface area contributed by atoms with Gasteiger partial charge in [-0.25, -0.2) is 4.79 Å². The topological polar surface area (TPSA) is 114 Å². The van der Waals surface area contributed by atoms with Crippen LogP contribution in [0.2, 0.25) is 0 Å². The SMILES string of the molecule is CCCC[C@H](C)[C@@H]1CC(=O)N[C@@H](Cc2ccc3ccccc3c2)C(=O)N[C@@H](C)C(=O)N[C@H](Cc2ccccc2)C(=O)O1. The Morgan fingerprint density at radius 3 is 2.21 bits per heavy atom. The Labute approximate surface area is 247 Å². The quantitative estimate of drug-likeness (QED) is 0.350. The predicted octanol–water partition coefficient (Wildman–Crippen LogP) is 4.24. The molecule has 1 aliphatic heterocycles. The highest BCUT2D eigenvalue weighted by Crippen LogP contribution is 2.21.